The number of hydrogen-bond donors (Lipinski definition) is 1. The summed E-state index contributed by atoms with van der Waals surface area (Å²) in [5.41, 5.74) is 2.21. The average molecular weight is 233 g/mol. The highest BCUT2D eigenvalue weighted by molar-refractivity contribution is 7.11. The molecule has 1 heterocycles. The standard InChI is InChI=1S/C13H15NOS/c1-9-13(10(2)15)16-12(14-9)8-11-6-4-3-5-7-11/h3-7,10,15H,8H2,1-2H3/t10-/m0/s1. The van der Waals surface area contributed by atoms with E-state index >= 15 is 0 Å². The van der Waals surface area contributed by atoms with Crippen molar-refractivity contribution in [3.05, 3.63) is 51.5 Å². The van der Waals surface area contributed by atoms with Crippen LogP contribution in [0, 0.1) is 6.92 Å². The van der Waals surface area contributed by atoms with Crippen LogP contribution in [0.2, 0.25) is 0 Å². The van der Waals surface area contributed by atoms with E-state index in [2.05, 4.69) is 17.1 Å². The Kier molecular flexibility index (Phi) is 3.36. The van der Waals surface area contributed by atoms with Gasteiger partial charge in [-0.1, -0.05) is 30.3 Å². The maximum absolute atomic E-state index is 9.55. The van der Waals surface area contributed by atoms with Crippen LogP contribution in [-0.2, 0) is 6.42 Å². The predicted octanol–water partition coefficient (Wildman–Crippen LogP) is 3.10. The Labute approximate surface area is 99.6 Å². The summed E-state index contributed by atoms with van der Waals surface area (Å²) in [7, 11) is 0. The Balaban J connectivity index is 2.20. The molecular weight excluding hydrogens is 218 g/mol. The number of thiazole rings is 1. The van der Waals surface area contributed by atoms with Crippen molar-refractivity contribution in [3.8, 4) is 0 Å². The lowest BCUT2D eigenvalue weighted by Crippen LogP contribution is -1.89. The minimum absolute atomic E-state index is 0.415. The number of rotatable bonds is 3. The SMILES string of the molecule is Cc1nc(Cc2ccccc2)sc1[C@H](C)O. The first-order valence-electron chi connectivity index (χ1n) is 5.35. The summed E-state index contributed by atoms with van der Waals surface area (Å²) in [6.45, 7) is 3.74. The van der Waals surface area contributed by atoms with E-state index in [-0.39, 0.29) is 0 Å². The molecule has 0 radical (unpaired) electrons. The number of benzene rings is 1. The van der Waals surface area contributed by atoms with Crippen LogP contribution in [0.4, 0.5) is 0 Å². The van der Waals surface area contributed by atoms with Crippen LogP contribution in [0.15, 0.2) is 30.3 Å². The smallest absolute Gasteiger partial charge is 0.0975 e. The van der Waals surface area contributed by atoms with Gasteiger partial charge in [0.25, 0.3) is 0 Å². The maximum atomic E-state index is 9.55. The van der Waals surface area contributed by atoms with Gasteiger partial charge in [0.2, 0.25) is 0 Å². The maximum Gasteiger partial charge on any atom is 0.0975 e. The largest absolute Gasteiger partial charge is 0.388 e. The second-order valence-electron chi connectivity index (χ2n) is 3.90. The van der Waals surface area contributed by atoms with Crippen LogP contribution >= 0.6 is 11.3 Å². The van der Waals surface area contributed by atoms with Crippen LogP contribution in [0.3, 0.4) is 0 Å². The molecule has 0 fully saturated rings. The van der Waals surface area contributed by atoms with Gasteiger partial charge in [0, 0.05) is 6.42 Å². The number of nitrogens with zero attached hydrogens (tertiary/aromatic N) is 1. The summed E-state index contributed by atoms with van der Waals surface area (Å²) in [6, 6.07) is 10.3. The van der Waals surface area contributed by atoms with E-state index in [0.29, 0.717) is 0 Å². The van der Waals surface area contributed by atoms with Gasteiger partial charge >= 0.3 is 0 Å². The third kappa shape index (κ3) is 2.49. The quantitative estimate of drug-likeness (QED) is 0.883. The molecule has 0 saturated carbocycles. The molecule has 1 atom stereocenters. The Morgan fingerprint density at radius 1 is 1.31 bits per heavy atom. The lowest BCUT2D eigenvalue weighted by Gasteiger charge is -1.98. The molecule has 84 valence electrons. The molecule has 16 heavy (non-hydrogen) atoms. The monoisotopic (exact) mass is 233 g/mol. The van der Waals surface area contributed by atoms with Gasteiger partial charge in [-0.15, -0.1) is 11.3 Å². The zero-order valence-corrected chi connectivity index (χ0v) is 10.3. The summed E-state index contributed by atoms with van der Waals surface area (Å²) >= 11 is 1.60. The second-order valence-corrected chi connectivity index (χ2v) is 5.01. The molecule has 0 aliphatic carbocycles. The van der Waals surface area contributed by atoms with Crippen molar-refractivity contribution >= 4 is 11.3 Å². The molecular formula is C13H15NOS. The normalized spacial score (nSPS) is 12.7. The van der Waals surface area contributed by atoms with E-state index in [1.54, 1.807) is 18.3 Å². The van der Waals surface area contributed by atoms with Gasteiger partial charge in [-0.3, -0.25) is 0 Å². The molecule has 1 aromatic heterocycles. The summed E-state index contributed by atoms with van der Waals surface area (Å²) in [5.74, 6) is 0. The number of hydrogen-bond acceptors (Lipinski definition) is 3. The van der Waals surface area contributed by atoms with Gasteiger partial charge in [-0.25, -0.2) is 4.98 Å². The minimum Gasteiger partial charge on any atom is -0.388 e. The molecule has 1 aromatic carbocycles. The average Bonchev–Trinajstić information content (AvgIpc) is 2.61. The summed E-state index contributed by atoms with van der Waals surface area (Å²) in [4.78, 5) is 5.46. The fraction of sp³-hybridized carbons (Fsp3) is 0.308. The third-order valence-electron chi connectivity index (χ3n) is 2.45. The molecule has 2 rings (SSSR count). The zero-order valence-electron chi connectivity index (χ0n) is 9.47. The van der Waals surface area contributed by atoms with Crippen molar-refractivity contribution in [1.82, 2.24) is 4.98 Å². The van der Waals surface area contributed by atoms with E-state index in [9.17, 15) is 5.11 Å². The first kappa shape index (κ1) is 11.3. The minimum atomic E-state index is -0.415. The molecule has 2 nitrogen and oxygen atoms in total. The highest BCUT2D eigenvalue weighted by Gasteiger charge is 2.11. The highest BCUT2D eigenvalue weighted by atomic mass is 32.1. The van der Waals surface area contributed by atoms with Gasteiger partial charge in [-0.05, 0) is 19.4 Å². The molecule has 3 heteroatoms. The lowest BCUT2D eigenvalue weighted by atomic mass is 10.2. The zero-order chi connectivity index (χ0) is 11.5. The van der Waals surface area contributed by atoms with Crippen molar-refractivity contribution in [2.75, 3.05) is 0 Å². The van der Waals surface area contributed by atoms with Crippen LogP contribution < -0.4 is 0 Å². The van der Waals surface area contributed by atoms with Crippen molar-refractivity contribution in [3.63, 3.8) is 0 Å². The molecule has 0 unspecified atom stereocenters. The predicted molar refractivity (Wildman–Crippen MR) is 66.7 cm³/mol. The van der Waals surface area contributed by atoms with E-state index < -0.39 is 6.10 Å². The number of aryl methyl sites for hydroxylation is 1. The van der Waals surface area contributed by atoms with Crippen molar-refractivity contribution in [1.29, 1.82) is 0 Å². The molecule has 0 aliphatic heterocycles. The van der Waals surface area contributed by atoms with E-state index in [0.717, 1.165) is 22.0 Å². The van der Waals surface area contributed by atoms with E-state index in [1.807, 2.05) is 25.1 Å². The molecule has 2 aromatic rings. The highest BCUT2D eigenvalue weighted by Crippen LogP contribution is 2.26. The molecule has 1 N–H and O–H groups in total. The van der Waals surface area contributed by atoms with Crippen molar-refractivity contribution in [2.24, 2.45) is 0 Å². The van der Waals surface area contributed by atoms with Gasteiger partial charge in [0.1, 0.15) is 0 Å². The van der Waals surface area contributed by atoms with Crippen LogP contribution in [-0.4, -0.2) is 10.1 Å². The Hall–Kier alpha value is -1.19. The Morgan fingerprint density at radius 3 is 2.56 bits per heavy atom. The fourth-order valence-electron chi connectivity index (χ4n) is 1.70. The Bertz CT molecular complexity index is 462. The van der Waals surface area contributed by atoms with Crippen LogP contribution in [0.1, 0.15) is 34.2 Å². The third-order valence-corrected chi connectivity index (χ3v) is 3.78. The van der Waals surface area contributed by atoms with Gasteiger partial charge in [-0.2, -0.15) is 0 Å². The topological polar surface area (TPSA) is 33.1 Å². The second kappa shape index (κ2) is 4.76. The molecule has 0 bridgehead atoms. The Morgan fingerprint density at radius 2 is 2.00 bits per heavy atom. The van der Waals surface area contributed by atoms with E-state index in [1.165, 1.54) is 5.56 Å². The molecule has 0 saturated heterocycles. The molecule has 0 aliphatic rings. The lowest BCUT2D eigenvalue weighted by molar-refractivity contribution is 0.202. The first-order chi connectivity index (χ1) is 7.66. The summed E-state index contributed by atoms with van der Waals surface area (Å²) in [6.07, 6.45) is 0.432. The van der Waals surface area contributed by atoms with Crippen molar-refractivity contribution < 1.29 is 5.11 Å². The van der Waals surface area contributed by atoms with Gasteiger partial charge in [0.05, 0.1) is 21.7 Å². The number of aliphatic hydroxyl groups excluding tert-OH is 1. The van der Waals surface area contributed by atoms with E-state index in [4.69, 9.17) is 0 Å². The number of aliphatic hydroxyl groups is 1. The van der Waals surface area contributed by atoms with Gasteiger partial charge < -0.3 is 5.11 Å². The fourth-order valence-corrected chi connectivity index (χ4v) is 2.74. The summed E-state index contributed by atoms with van der Waals surface area (Å²) in [5, 5.41) is 10.6. The van der Waals surface area contributed by atoms with Crippen LogP contribution in [0.25, 0.3) is 0 Å². The number of aromatic nitrogens is 1. The van der Waals surface area contributed by atoms with Crippen molar-refractivity contribution in [2.45, 2.75) is 26.4 Å². The molecule has 0 spiro atoms. The van der Waals surface area contributed by atoms with Gasteiger partial charge in [0.15, 0.2) is 0 Å². The first-order valence-corrected chi connectivity index (χ1v) is 6.16. The van der Waals surface area contributed by atoms with Crippen LogP contribution in [0.5, 0.6) is 0 Å². The molecule has 0 amide bonds. The summed E-state index contributed by atoms with van der Waals surface area (Å²) < 4.78 is 0.